The summed E-state index contributed by atoms with van der Waals surface area (Å²) in [6.45, 7) is 7.68. The van der Waals surface area contributed by atoms with Gasteiger partial charge in [0.2, 0.25) is 5.91 Å². The molecule has 1 aromatic carbocycles. The van der Waals surface area contributed by atoms with Crippen LogP contribution in [0, 0.1) is 12.8 Å². The third-order valence-electron chi connectivity index (χ3n) is 3.46. The molecular weight excluding hydrogens is 308 g/mol. The van der Waals surface area contributed by atoms with Gasteiger partial charge in [0, 0.05) is 6.54 Å². The molecule has 5 nitrogen and oxygen atoms in total. The number of benzene rings is 1. The van der Waals surface area contributed by atoms with Crippen LogP contribution in [0.3, 0.4) is 0 Å². The van der Waals surface area contributed by atoms with E-state index in [1.54, 1.807) is 0 Å². The summed E-state index contributed by atoms with van der Waals surface area (Å²) in [5, 5.41) is 12.1. The molecule has 1 N–H and O–H groups in total. The molecule has 1 aromatic heterocycles. The van der Waals surface area contributed by atoms with Crippen LogP contribution < -0.4 is 5.32 Å². The van der Waals surface area contributed by atoms with Gasteiger partial charge in [0.15, 0.2) is 5.16 Å². The van der Waals surface area contributed by atoms with E-state index >= 15 is 0 Å². The van der Waals surface area contributed by atoms with E-state index in [0.717, 1.165) is 30.5 Å². The number of hydrogen-bond acceptors (Lipinski definition) is 4. The van der Waals surface area contributed by atoms with Crippen molar-refractivity contribution in [3.63, 3.8) is 0 Å². The highest BCUT2D eigenvalue weighted by atomic mass is 32.2. The molecule has 2 rings (SSSR count). The van der Waals surface area contributed by atoms with Gasteiger partial charge in [0.25, 0.3) is 0 Å². The highest BCUT2D eigenvalue weighted by Crippen LogP contribution is 2.18. The van der Waals surface area contributed by atoms with Crippen LogP contribution in [0.4, 0.5) is 0 Å². The van der Waals surface area contributed by atoms with E-state index in [1.165, 1.54) is 17.3 Å². The first-order chi connectivity index (χ1) is 11.1. The van der Waals surface area contributed by atoms with Crippen molar-refractivity contribution in [2.45, 2.75) is 38.9 Å². The molecule has 124 valence electrons. The number of nitrogens with zero attached hydrogens (tertiary/aromatic N) is 3. The van der Waals surface area contributed by atoms with Crippen molar-refractivity contribution in [1.29, 1.82) is 0 Å². The Morgan fingerprint density at radius 2 is 2.00 bits per heavy atom. The lowest BCUT2D eigenvalue weighted by molar-refractivity contribution is -0.118. The zero-order valence-corrected chi connectivity index (χ0v) is 14.8. The molecule has 6 heteroatoms. The first kappa shape index (κ1) is 17.5. The van der Waals surface area contributed by atoms with Crippen molar-refractivity contribution in [3.05, 3.63) is 41.7 Å². The molecule has 0 saturated heterocycles. The van der Waals surface area contributed by atoms with E-state index in [0.29, 0.717) is 11.7 Å². The van der Waals surface area contributed by atoms with E-state index in [9.17, 15) is 4.79 Å². The Morgan fingerprint density at radius 1 is 1.26 bits per heavy atom. The van der Waals surface area contributed by atoms with Crippen molar-refractivity contribution < 1.29 is 4.79 Å². The molecule has 0 radical (unpaired) electrons. The Labute approximate surface area is 141 Å². The summed E-state index contributed by atoms with van der Waals surface area (Å²) in [5.74, 6) is 1.86. The lowest BCUT2D eigenvalue weighted by Crippen LogP contribution is -2.27. The summed E-state index contributed by atoms with van der Waals surface area (Å²) < 4.78 is 2.04. The predicted molar refractivity (Wildman–Crippen MR) is 93.5 cm³/mol. The number of aryl methyl sites for hydroxylation is 1. The van der Waals surface area contributed by atoms with Gasteiger partial charge in [0.1, 0.15) is 5.82 Å². The third kappa shape index (κ3) is 5.71. The molecule has 0 unspecified atom stereocenters. The molecule has 0 aliphatic carbocycles. The summed E-state index contributed by atoms with van der Waals surface area (Å²) in [6, 6.07) is 10.2. The molecule has 0 spiro atoms. The number of hydrogen-bond donors (Lipinski definition) is 1. The quantitative estimate of drug-likeness (QED) is 0.755. The van der Waals surface area contributed by atoms with Gasteiger partial charge in [-0.15, -0.1) is 10.2 Å². The number of nitrogens with one attached hydrogen (secondary N) is 1. The zero-order chi connectivity index (χ0) is 16.7. The third-order valence-corrected chi connectivity index (χ3v) is 4.43. The fourth-order valence-electron chi connectivity index (χ4n) is 2.10. The van der Waals surface area contributed by atoms with Gasteiger partial charge in [0.05, 0.1) is 12.3 Å². The second-order valence-electron chi connectivity index (χ2n) is 5.92. The number of rotatable bonds is 8. The van der Waals surface area contributed by atoms with Gasteiger partial charge in [-0.05, 0) is 24.8 Å². The summed E-state index contributed by atoms with van der Waals surface area (Å²) in [6.07, 6.45) is 1.000. The van der Waals surface area contributed by atoms with Gasteiger partial charge in [-0.1, -0.05) is 55.9 Å². The van der Waals surface area contributed by atoms with E-state index in [4.69, 9.17) is 0 Å². The molecule has 0 atom stereocenters. The minimum atomic E-state index is 0.0440. The van der Waals surface area contributed by atoms with Crippen LogP contribution in [0.1, 0.15) is 31.7 Å². The summed E-state index contributed by atoms with van der Waals surface area (Å²) in [5.41, 5.74) is 1.19. The number of aromatic nitrogens is 3. The molecule has 0 saturated carbocycles. The highest BCUT2D eigenvalue weighted by Gasteiger charge is 2.12. The van der Waals surface area contributed by atoms with Gasteiger partial charge in [-0.25, -0.2) is 0 Å². The number of carbonyl (C=O) groups excluding carboxylic acids is 1. The Morgan fingerprint density at radius 3 is 2.70 bits per heavy atom. The smallest absolute Gasteiger partial charge is 0.230 e. The van der Waals surface area contributed by atoms with Crippen LogP contribution in [-0.4, -0.2) is 33.0 Å². The topological polar surface area (TPSA) is 59.8 Å². The Kier molecular flexibility index (Phi) is 6.65. The van der Waals surface area contributed by atoms with Crippen molar-refractivity contribution in [2.75, 3.05) is 12.3 Å². The molecule has 0 aliphatic heterocycles. The minimum absolute atomic E-state index is 0.0440. The van der Waals surface area contributed by atoms with Gasteiger partial charge >= 0.3 is 0 Å². The number of amides is 1. The number of carbonyl (C=O) groups is 1. The largest absolute Gasteiger partial charge is 0.355 e. The molecule has 0 aliphatic rings. The Balaban J connectivity index is 1.90. The standard InChI is InChI=1S/C17H24N4OS/c1-13(2)9-10-18-16(22)12-23-17-20-19-14(3)21(17)11-15-7-5-4-6-8-15/h4-8,13H,9-12H2,1-3H3,(H,18,22). The lowest BCUT2D eigenvalue weighted by Gasteiger charge is -2.09. The Bertz CT molecular complexity index is 625. The molecule has 23 heavy (non-hydrogen) atoms. The van der Waals surface area contributed by atoms with Crippen molar-refractivity contribution >= 4 is 17.7 Å². The maximum Gasteiger partial charge on any atom is 0.230 e. The van der Waals surface area contributed by atoms with Gasteiger partial charge in [-0.3, -0.25) is 4.79 Å². The van der Waals surface area contributed by atoms with E-state index in [-0.39, 0.29) is 5.91 Å². The number of thioether (sulfide) groups is 1. The summed E-state index contributed by atoms with van der Waals surface area (Å²) >= 11 is 1.43. The molecular formula is C17H24N4OS. The van der Waals surface area contributed by atoms with E-state index in [1.807, 2.05) is 29.7 Å². The van der Waals surface area contributed by atoms with Crippen LogP contribution in [0.25, 0.3) is 0 Å². The maximum atomic E-state index is 11.9. The van der Waals surface area contributed by atoms with E-state index < -0.39 is 0 Å². The average molecular weight is 332 g/mol. The molecule has 2 aromatic rings. The zero-order valence-electron chi connectivity index (χ0n) is 14.0. The first-order valence-electron chi connectivity index (χ1n) is 7.89. The lowest BCUT2D eigenvalue weighted by atomic mass is 10.1. The van der Waals surface area contributed by atoms with E-state index in [2.05, 4.69) is 41.5 Å². The molecule has 0 fully saturated rings. The van der Waals surface area contributed by atoms with Gasteiger partial charge < -0.3 is 9.88 Å². The molecule has 0 bridgehead atoms. The van der Waals surface area contributed by atoms with Crippen molar-refractivity contribution in [2.24, 2.45) is 5.92 Å². The maximum absolute atomic E-state index is 11.9. The normalized spacial score (nSPS) is 11.0. The predicted octanol–water partition coefficient (Wildman–Crippen LogP) is 2.89. The fourth-order valence-corrected chi connectivity index (χ4v) is 2.91. The van der Waals surface area contributed by atoms with Crippen LogP contribution in [0.15, 0.2) is 35.5 Å². The fraction of sp³-hybridized carbons (Fsp3) is 0.471. The van der Waals surface area contributed by atoms with Crippen molar-refractivity contribution in [3.8, 4) is 0 Å². The van der Waals surface area contributed by atoms with Crippen LogP contribution in [0.5, 0.6) is 0 Å². The Hall–Kier alpha value is -1.82. The summed E-state index contributed by atoms with van der Waals surface area (Å²) in [4.78, 5) is 11.9. The SMILES string of the molecule is Cc1nnc(SCC(=O)NCCC(C)C)n1Cc1ccccc1. The minimum Gasteiger partial charge on any atom is -0.355 e. The molecule has 1 amide bonds. The van der Waals surface area contributed by atoms with Crippen molar-refractivity contribution in [1.82, 2.24) is 20.1 Å². The monoisotopic (exact) mass is 332 g/mol. The highest BCUT2D eigenvalue weighted by molar-refractivity contribution is 7.99. The van der Waals surface area contributed by atoms with Crippen LogP contribution >= 0.6 is 11.8 Å². The average Bonchev–Trinajstić information content (AvgIpc) is 2.86. The second kappa shape index (κ2) is 8.72. The second-order valence-corrected chi connectivity index (χ2v) is 6.87. The van der Waals surface area contributed by atoms with Gasteiger partial charge in [-0.2, -0.15) is 0 Å². The molecule has 1 heterocycles. The summed E-state index contributed by atoms with van der Waals surface area (Å²) in [7, 11) is 0. The first-order valence-corrected chi connectivity index (χ1v) is 8.88. The van der Waals surface area contributed by atoms with Crippen LogP contribution in [-0.2, 0) is 11.3 Å². The van der Waals surface area contributed by atoms with Crippen LogP contribution in [0.2, 0.25) is 0 Å².